The Labute approximate surface area is 97.1 Å². The second-order valence-electron chi connectivity index (χ2n) is 4.14. The van der Waals surface area contributed by atoms with Gasteiger partial charge in [-0.2, -0.15) is 0 Å². The molecule has 1 atom stereocenters. The molecule has 1 aromatic rings. The molecule has 1 N–H and O–H groups in total. The number of halogens is 1. The van der Waals surface area contributed by atoms with Gasteiger partial charge in [0.25, 0.3) is 0 Å². The van der Waals surface area contributed by atoms with Crippen LogP contribution in [0.1, 0.15) is 39.2 Å². The Hall–Kier alpha value is -0.530. The zero-order chi connectivity index (χ0) is 11.5. The average Bonchev–Trinajstić information content (AvgIpc) is 2.19. The van der Waals surface area contributed by atoms with E-state index in [1.165, 1.54) is 0 Å². The topological polar surface area (TPSA) is 20.2 Å². The highest BCUT2D eigenvalue weighted by atomic mass is 35.5. The molecule has 2 heteroatoms. The maximum atomic E-state index is 10.5. The molecule has 15 heavy (non-hydrogen) atoms. The second-order valence-corrected chi connectivity index (χ2v) is 4.55. The van der Waals surface area contributed by atoms with Gasteiger partial charge in [-0.3, -0.25) is 0 Å². The van der Waals surface area contributed by atoms with Crippen LogP contribution in [0.5, 0.6) is 0 Å². The Morgan fingerprint density at radius 2 is 1.80 bits per heavy atom. The lowest BCUT2D eigenvalue weighted by molar-refractivity contribution is -0.00939. The van der Waals surface area contributed by atoms with Gasteiger partial charge >= 0.3 is 0 Å². The standard InChI is InChI=1S/C13H19ClO/c1-4-10(5-2)13(3,15)11-8-6-7-9-12(11)14/h6-10,15H,4-5H2,1-3H3. The van der Waals surface area contributed by atoms with Crippen LogP contribution in [0.4, 0.5) is 0 Å². The molecule has 0 aliphatic rings. The maximum absolute atomic E-state index is 10.5. The molecule has 0 fully saturated rings. The number of aliphatic hydroxyl groups is 1. The predicted molar refractivity (Wildman–Crippen MR) is 65.1 cm³/mol. The number of hydrogen-bond donors (Lipinski definition) is 1. The van der Waals surface area contributed by atoms with E-state index in [0.29, 0.717) is 5.02 Å². The molecule has 0 saturated heterocycles. The van der Waals surface area contributed by atoms with Gasteiger partial charge in [0.1, 0.15) is 0 Å². The van der Waals surface area contributed by atoms with Crippen LogP contribution >= 0.6 is 11.6 Å². The Morgan fingerprint density at radius 3 is 2.27 bits per heavy atom. The average molecular weight is 227 g/mol. The van der Waals surface area contributed by atoms with Crippen molar-refractivity contribution < 1.29 is 5.11 Å². The van der Waals surface area contributed by atoms with Gasteiger partial charge in [-0.05, 0) is 18.9 Å². The first-order chi connectivity index (χ1) is 7.04. The van der Waals surface area contributed by atoms with Gasteiger partial charge in [0.2, 0.25) is 0 Å². The molecule has 1 aromatic carbocycles. The van der Waals surface area contributed by atoms with E-state index in [9.17, 15) is 5.11 Å². The number of rotatable bonds is 4. The molecule has 1 rings (SSSR count). The van der Waals surface area contributed by atoms with Crippen LogP contribution in [0.2, 0.25) is 5.02 Å². The summed E-state index contributed by atoms with van der Waals surface area (Å²) in [5.74, 6) is 0.248. The Bertz CT molecular complexity index is 316. The molecule has 84 valence electrons. The maximum Gasteiger partial charge on any atom is 0.0910 e. The fourth-order valence-corrected chi connectivity index (χ4v) is 2.50. The van der Waals surface area contributed by atoms with Gasteiger partial charge in [0.15, 0.2) is 0 Å². The van der Waals surface area contributed by atoms with E-state index in [2.05, 4.69) is 13.8 Å². The number of benzene rings is 1. The van der Waals surface area contributed by atoms with E-state index in [1.54, 1.807) is 0 Å². The zero-order valence-electron chi connectivity index (χ0n) is 9.63. The lowest BCUT2D eigenvalue weighted by atomic mass is 9.80. The Morgan fingerprint density at radius 1 is 1.27 bits per heavy atom. The van der Waals surface area contributed by atoms with Crippen LogP contribution in [-0.4, -0.2) is 5.11 Å². The first-order valence-electron chi connectivity index (χ1n) is 5.51. The second kappa shape index (κ2) is 5.00. The highest BCUT2D eigenvalue weighted by Gasteiger charge is 2.32. The third-order valence-electron chi connectivity index (χ3n) is 3.20. The molecule has 0 spiro atoms. The summed E-state index contributed by atoms with van der Waals surface area (Å²) in [6.45, 7) is 6.05. The molecule has 0 radical (unpaired) electrons. The molecule has 0 amide bonds. The van der Waals surface area contributed by atoms with Crippen molar-refractivity contribution in [3.63, 3.8) is 0 Å². The minimum atomic E-state index is -0.832. The molecule has 1 unspecified atom stereocenters. The monoisotopic (exact) mass is 226 g/mol. The van der Waals surface area contributed by atoms with Gasteiger partial charge in [0.05, 0.1) is 5.60 Å². The quantitative estimate of drug-likeness (QED) is 0.824. The van der Waals surface area contributed by atoms with Gasteiger partial charge in [-0.1, -0.05) is 56.5 Å². The Balaban J connectivity index is 3.09. The first kappa shape index (κ1) is 12.5. The van der Waals surface area contributed by atoms with Gasteiger partial charge in [-0.25, -0.2) is 0 Å². The van der Waals surface area contributed by atoms with Crippen LogP contribution in [0.15, 0.2) is 24.3 Å². The van der Waals surface area contributed by atoms with E-state index in [1.807, 2.05) is 31.2 Å². The molecular formula is C13H19ClO. The van der Waals surface area contributed by atoms with Crippen molar-refractivity contribution in [3.05, 3.63) is 34.9 Å². The number of hydrogen-bond acceptors (Lipinski definition) is 1. The normalized spacial score (nSPS) is 15.3. The van der Waals surface area contributed by atoms with E-state index in [4.69, 9.17) is 11.6 Å². The molecule has 0 bridgehead atoms. The van der Waals surface area contributed by atoms with Crippen LogP contribution in [0.3, 0.4) is 0 Å². The van der Waals surface area contributed by atoms with E-state index in [-0.39, 0.29) is 5.92 Å². The summed E-state index contributed by atoms with van der Waals surface area (Å²) in [7, 11) is 0. The van der Waals surface area contributed by atoms with E-state index >= 15 is 0 Å². The zero-order valence-corrected chi connectivity index (χ0v) is 10.4. The third kappa shape index (κ3) is 2.53. The highest BCUT2D eigenvalue weighted by Crippen LogP contribution is 2.37. The molecule has 0 aromatic heterocycles. The van der Waals surface area contributed by atoms with E-state index < -0.39 is 5.60 Å². The first-order valence-corrected chi connectivity index (χ1v) is 5.89. The SMILES string of the molecule is CCC(CC)C(C)(O)c1ccccc1Cl. The molecule has 0 heterocycles. The molecule has 0 aliphatic heterocycles. The molecule has 0 aliphatic carbocycles. The van der Waals surface area contributed by atoms with Crippen molar-refractivity contribution in [3.8, 4) is 0 Å². The Kier molecular flexibility index (Phi) is 4.18. The van der Waals surface area contributed by atoms with Crippen LogP contribution in [0, 0.1) is 5.92 Å². The van der Waals surface area contributed by atoms with E-state index in [0.717, 1.165) is 18.4 Å². The van der Waals surface area contributed by atoms with Crippen molar-refractivity contribution in [2.24, 2.45) is 5.92 Å². The smallest absolute Gasteiger partial charge is 0.0910 e. The van der Waals surface area contributed by atoms with Crippen molar-refractivity contribution in [1.82, 2.24) is 0 Å². The van der Waals surface area contributed by atoms with Crippen molar-refractivity contribution in [2.45, 2.75) is 39.2 Å². The van der Waals surface area contributed by atoms with Crippen molar-refractivity contribution in [2.75, 3.05) is 0 Å². The van der Waals surface area contributed by atoms with Gasteiger partial charge in [-0.15, -0.1) is 0 Å². The summed E-state index contributed by atoms with van der Waals surface area (Å²) < 4.78 is 0. The summed E-state index contributed by atoms with van der Waals surface area (Å²) >= 11 is 6.11. The summed E-state index contributed by atoms with van der Waals surface area (Å²) in [5, 5.41) is 11.2. The minimum Gasteiger partial charge on any atom is -0.385 e. The highest BCUT2D eigenvalue weighted by molar-refractivity contribution is 6.31. The summed E-state index contributed by atoms with van der Waals surface area (Å²) in [4.78, 5) is 0. The predicted octanol–water partition coefficient (Wildman–Crippen LogP) is 3.98. The fourth-order valence-electron chi connectivity index (χ4n) is 2.18. The van der Waals surface area contributed by atoms with Gasteiger partial charge < -0.3 is 5.11 Å². The van der Waals surface area contributed by atoms with Gasteiger partial charge in [0, 0.05) is 10.6 Å². The fraction of sp³-hybridized carbons (Fsp3) is 0.538. The summed E-state index contributed by atoms with van der Waals surface area (Å²) in [5.41, 5.74) is 0.00217. The summed E-state index contributed by atoms with van der Waals surface area (Å²) in [6, 6.07) is 7.53. The lowest BCUT2D eigenvalue weighted by Gasteiger charge is -2.32. The lowest BCUT2D eigenvalue weighted by Crippen LogP contribution is -2.31. The molecule has 1 nitrogen and oxygen atoms in total. The minimum absolute atomic E-state index is 0.248. The largest absolute Gasteiger partial charge is 0.385 e. The van der Waals surface area contributed by atoms with Crippen molar-refractivity contribution >= 4 is 11.6 Å². The van der Waals surface area contributed by atoms with Crippen molar-refractivity contribution in [1.29, 1.82) is 0 Å². The van der Waals surface area contributed by atoms with Crippen LogP contribution in [0.25, 0.3) is 0 Å². The molecular weight excluding hydrogens is 208 g/mol. The van der Waals surface area contributed by atoms with Crippen LogP contribution < -0.4 is 0 Å². The third-order valence-corrected chi connectivity index (χ3v) is 3.53. The van der Waals surface area contributed by atoms with Crippen LogP contribution in [-0.2, 0) is 5.60 Å². The summed E-state index contributed by atoms with van der Waals surface area (Å²) in [6.07, 6.45) is 1.91. The molecule has 0 saturated carbocycles.